The van der Waals surface area contributed by atoms with E-state index in [1.807, 2.05) is 0 Å². The molecular formula is C12H11BrN2O2. The maximum atomic E-state index is 9.34. The second-order valence-electron chi connectivity index (χ2n) is 3.55. The molecule has 0 saturated carbocycles. The van der Waals surface area contributed by atoms with Crippen LogP contribution in [0.25, 0.3) is 0 Å². The molecule has 0 aliphatic rings. The van der Waals surface area contributed by atoms with E-state index in [9.17, 15) is 5.11 Å². The number of halogens is 1. The molecule has 0 aliphatic carbocycles. The minimum Gasteiger partial charge on any atom is -0.437 e. The predicted molar refractivity (Wildman–Crippen MR) is 66.9 cm³/mol. The summed E-state index contributed by atoms with van der Waals surface area (Å²) in [7, 11) is 0. The lowest BCUT2D eigenvalue weighted by atomic mass is 10.2. The fourth-order valence-corrected chi connectivity index (χ4v) is 1.61. The summed E-state index contributed by atoms with van der Waals surface area (Å²) in [4.78, 5) is 8.09. The van der Waals surface area contributed by atoms with Gasteiger partial charge in [-0.05, 0) is 40.5 Å². The number of aromatic nitrogens is 2. The van der Waals surface area contributed by atoms with Gasteiger partial charge >= 0.3 is 0 Å². The van der Waals surface area contributed by atoms with Crippen LogP contribution in [0.2, 0.25) is 0 Å². The highest BCUT2D eigenvalue weighted by Gasteiger charge is 2.03. The Labute approximate surface area is 107 Å². The number of ether oxygens (including phenoxy) is 1. The van der Waals surface area contributed by atoms with Gasteiger partial charge in [-0.2, -0.15) is 0 Å². The Hall–Kier alpha value is -1.46. The molecule has 0 unspecified atom stereocenters. The van der Waals surface area contributed by atoms with Gasteiger partial charge in [-0.1, -0.05) is 0 Å². The molecule has 2 rings (SSSR count). The molecule has 0 amide bonds. The van der Waals surface area contributed by atoms with Gasteiger partial charge in [-0.15, -0.1) is 0 Å². The van der Waals surface area contributed by atoms with Crippen molar-refractivity contribution in [3.63, 3.8) is 0 Å². The normalized spacial score (nSPS) is 12.2. The zero-order valence-electron chi connectivity index (χ0n) is 9.17. The van der Waals surface area contributed by atoms with E-state index in [-0.39, 0.29) is 0 Å². The third-order valence-corrected chi connectivity index (χ3v) is 2.58. The van der Waals surface area contributed by atoms with Gasteiger partial charge in [0.25, 0.3) is 0 Å². The van der Waals surface area contributed by atoms with Crippen molar-refractivity contribution in [2.45, 2.75) is 13.0 Å². The molecule has 0 radical (unpaired) electrons. The lowest BCUT2D eigenvalue weighted by Gasteiger charge is -2.06. The van der Waals surface area contributed by atoms with E-state index < -0.39 is 6.10 Å². The van der Waals surface area contributed by atoms with Crippen LogP contribution in [-0.2, 0) is 0 Å². The van der Waals surface area contributed by atoms with Crippen LogP contribution in [0.5, 0.6) is 11.6 Å². The van der Waals surface area contributed by atoms with Gasteiger partial charge in [0, 0.05) is 22.9 Å². The molecule has 0 fully saturated rings. The lowest BCUT2D eigenvalue weighted by Crippen LogP contribution is -1.93. The third kappa shape index (κ3) is 3.25. The molecule has 4 nitrogen and oxygen atoms in total. The quantitative estimate of drug-likeness (QED) is 0.945. The Morgan fingerprint density at radius 3 is 2.71 bits per heavy atom. The Bertz CT molecular complexity index is 500. The number of aliphatic hydroxyl groups excluding tert-OH is 1. The number of aliphatic hydroxyl groups is 1. The van der Waals surface area contributed by atoms with E-state index in [1.165, 1.54) is 0 Å². The Kier molecular flexibility index (Phi) is 3.71. The van der Waals surface area contributed by atoms with Crippen molar-refractivity contribution in [1.29, 1.82) is 0 Å². The molecule has 1 atom stereocenters. The highest BCUT2D eigenvalue weighted by atomic mass is 79.9. The number of nitrogens with zero attached hydrogens (tertiary/aromatic N) is 2. The molecule has 2 aromatic rings. The molecule has 0 bridgehead atoms. The lowest BCUT2D eigenvalue weighted by molar-refractivity contribution is 0.198. The average Bonchev–Trinajstić information content (AvgIpc) is 2.29. The summed E-state index contributed by atoms with van der Waals surface area (Å²) >= 11 is 3.31. The van der Waals surface area contributed by atoms with Crippen LogP contribution in [0, 0.1) is 0 Å². The highest BCUT2D eigenvalue weighted by Crippen LogP contribution is 2.22. The Morgan fingerprint density at radius 2 is 2.12 bits per heavy atom. The standard InChI is InChI=1S/C12H11BrN2O2/c1-8(16)9-2-3-12(15-5-9)17-11-4-10(13)6-14-7-11/h2-8,16H,1H3/t8-/m0/s1. The van der Waals surface area contributed by atoms with Crippen LogP contribution in [-0.4, -0.2) is 15.1 Å². The molecule has 17 heavy (non-hydrogen) atoms. The highest BCUT2D eigenvalue weighted by molar-refractivity contribution is 9.10. The largest absolute Gasteiger partial charge is 0.437 e. The summed E-state index contributed by atoms with van der Waals surface area (Å²) < 4.78 is 6.35. The fraction of sp³-hybridized carbons (Fsp3) is 0.167. The van der Waals surface area contributed by atoms with Gasteiger partial charge in [-0.3, -0.25) is 4.98 Å². The molecule has 2 aromatic heterocycles. The third-order valence-electron chi connectivity index (χ3n) is 2.14. The molecule has 5 heteroatoms. The SMILES string of the molecule is C[C@H](O)c1ccc(Oc2cncc(Br)c2)nc1. The zero-order chi connectivity index (χ0) is 12.3. The first-order valence-corrected chi connectivity index (χ1v) is 5.87. The first kappa shape index (κ1) is 12.0. The number of rotatable bonds is 3. The second-order valence-corrected chi connectivity index (χ2v) is 4.46. The Morgan fingerprint density at radius 1 is 1.29 bits per heavy atom. The molecule has 88 valence electrons. The van der Waals surface area contributed by atoms with Crippen molar-refractivity contribution >= 4 is 15.9 Å². The van der Waals surface area contributed by atoms with Crippen LogP contribution >= 0.6 is 15.9 Å². The van der Waals surface area contributed by atoms with Gasteiger partial charge in [0.2, 0.25) is 5.88 Å². The summed E-state index contributed by atoms with van der Waals surface area (Å²) in [5.41, 5.74) is 0.754. The van der Waals surface area contributed by atoms with Gasteiger partial charge < -0.3 is 9.84 Å². The molecule has 0 saturated heterocycles. The first-order valence-electron chi connectivity index (χ1n) is 5.07. The molecule has 0 aliphatic heterocycles. The maximum absolute atomic E-state index is 9.34. The second kappa shape index (κ2) is 5.25. The van der Waals surface area contributed by atoms with Crippen molar-refractivity contribution in [2.75, 3.05) is 0 Å². The summed E-state index contributed by atoms with van der Waals surface area (Å²) in [6.45, 7) is 1.69. The zero-order valence-corrected chi connectivity index (χ0v) is 10.8. The van der Waals surface area contributed by atoms with E-state index in [1.54, 1.807) is 43.7 Å². The van der Waals surface area contributed by atoms with Crippen LogP contribution < -0.4 is 4.74 Å². The van der Waals surface area contributed by atoms with Crippen molar-refractivity contribution in [3.05, 3.63) is 46.8 Å². The minimum atomic E-state index is -0.524. The van der Waals surface area contributed by atoms with Crippen LogP contribution in [0.4, 0.5) is 0 Å². The van der Waals surface area contributed by atoms with E-state index in [0.29, 0.717) is 11.6 Å². The molecule has 0 aromatic carbocycles. The average molecular weight is 295 g/mol. The molecule has 2 heterocycles. The van der Waals surface area contributed by atoms with E-state index in [2.05, 4.69) is 25.9 Å². The molecular weight excluding hydrogens is 284 g/mol. The van der Waals surface area contributed by atoms with E-state index in [4.69, 9.17) is 4.74 Å². The topological polar surface area (TPSA) is 55.2 Å². The summed E-state index contributed by atoms with van der Waals surface area (Å²) in [6, 6.07) is 5.29. The molecule has 0 spiro atoms. The van der Waals surface area contributed by atoms with Crippen LogP contribution in [0.3, 0.4) is 0 Å². The Balaban J connectivity index is 2.14. The summed E-state index contributed by atoms with van der Waals surface area (Å²) in [6.07, 6.45) is 4.35. The van der Waals surface area contributed by atoms with E-state index in [0.717, 1.165) is 10.0 Å². The van der Waals surface area contributed by atoms with Gasteiger partial charge in [0.05, 0.1) is 12.3 Å². The van der Waals surface area contributed by atoms with Crippen molar-refractivity contribution in [1.82, 2.24) is 9.97 Å². The maximum Gasteiger partial charge on any atom is 0.219 e. The summed E-state index contributed by atoms with van der Waals surface area (Å²) in [5, 5.41) is 9.34. The smallest absolute Gasteiger partial charge is 0.219 e. The van der Waals surface area contributed by atoms with Crippen LogP contribution in [0.15, 0.2) is 41.3 Å². The minimum absolute atomic E-state index is 0.467. The van der Waals surface area contributed by atoms with Gasteiger partial charge in [-0.25, -0.2) is 4.98 Å². The first-order chi connectivity index (χ1) is 8.15. The number of hydrogen-bond acceptors (Lipinski definition) is 4. The van der Waals surface area contributed by atoms with Gasteiger partial charge in [0.15, 0.2) is 0 Å². The van der Waals surface area contributed by atoms with Crippen molar-refractivity contribution in [2.24, 2.45) is 0 Å². The predicted octanol–water partition coefficient (Wildman–Crippen LogP) is 3.08. The number of pyridine rings is 2. The van der Waals surface area contributed by atoms with Crippen LogP contribution in [0.1, 0.15) is 18.6 Å². The number of hydrogen-bond donors (Lipinski definition) is 1. The van der Waals surface area contributed by atoms with Crippen molar-refractivity contribution < 1.29 is 9.84 Å². The fourth-order valence-electron chi connectivity index (χ4n) is 1.27. The van der Waals surface area contributed by atoms with Gasteiger partial charge in [0.1, 0.15) is 5.75 Å². The summed E-state index contributed by atoms with van der Waals surface area (Å²) in [5.74, 6) is 1.07. The molecule has 1 N–H and O–H groups in total. The van der Waals surface area contributed by atoms with Crippen molar-refractivity contribution in [3.8, 4) is 11.6 Å². The van der Waals surface area contributed by atoms with E-state index >= 15 is 0 Å². The monoisotopic (exact) mass is 294 g/mol.